The molecule has 0 aliphatic heterocycles. The number of urea groups is 1. The summed E-state index contributed by atoms with van der Waals surface area (Å²) < 4.78 is 7.54. The molecule has 3 aromatic rings. The molecule has 160 valence electrons. The number of anilines is 1. The molecule has 0 fully saturated rings. The highest BCUT2D eigenvalue weighted by molar-refractivity contribution is 9.10. The summed E-state index contributed by atoms with van der Waals surface area (Å²) >= 11 is 13.3. The maximum Gasteiger partial charge on any atom is 0.339 e. The molecule has 0 spiro atoms. The Morgan fingerprint density at radius 3 is 2.48 bits per heavy atom. The predicted molar refractivity (Wildman–Crippen MR) is 133 cm³/mol. The molecule has 0 unspecified atom stereocenters. The van der Waals surface area contributed by atoms with E-state index in [0.29, 0.717) is 33.1 Å². The molecule has 5 nitrogen and oxygen atoms in total. The molecule has 0 radical (unpaired) electrons. The Kier molecular flexibility index (Phi) is 8.12. The first kappa shape index (κ1) is 23.3. The Balaban J connectivity index is 1.58. The van der Waals surface area contributed by atoms with Gasteiger partial charge in [-0.3, -0.25) is 0 Å². The van der Waals surface area contributed by atoms with Crippen LogP contribution in [0.15, 0.2) is 68.6 Å². The SMILES string of the molecule is Cc1ccc(COc2c(Cl)cc(/C=N/NC(=O)Nc3ccc(Br)c(C)c3)cc2Br)cc1. The topological polar surface area (TPSA) is 62.7 Å². The number of halogens is 3. The lowest BCUT2D eigenvalue weighted by atomic mass is 10.2. The number of hydrogen-bond acceptors (Lipinski definition) is 3. The fraction of sp³-hybridized carbons (Fsp3) is 0.130. The van der Waals surface area contributed by atoms with E-state index in [-0.39, 0.29) is 0 Å². The average Bonchev–Trinajstić information content (AvgIpc) is 2.71. The molecule has 0 aliphatic carbocycles. The van der Waals surface area contributed by atoms with Crippen molar-refractivity contribution in [1.29, 1.82) is 0 Å². The summed E-state index contributed by atoms with van der Waals surface area (Å²) in [6.07, 6.45) is 1.51. The van der Waals surface area contributed by atoms with Gasteiger partial charge in [0.2, 0.25) is 0 Å². The zero-order valence-corrected chi connectivity index (χ0v) is 20.8. The summed E-state index contributed by atoms with van der Waals surface area (Å²) in [7, 11) is 0. The minimum Gasteiger partial charge on any atom is -0.486 e. The van der Waals surface area contributed by atoms with Crippen LogP contribution in [0.4, 0.5) is 10.5 Å². The molecule has 0 aliphatic rings. The van der Waals surface area contributed by atoms with Gasteiger partial charge in [-0.15, -0.1) is 0 Å². The standard InChI is InChI=1S/C23H20Br2ClN3O2/c1-14-3-5-16(6-4-14)13-31-22-20(25)10-17(11-21(22)26)12-27-29-23(30)28-18-7-8-19(24)15(2)9-18/h3-12H,13H2,1-2H3,(H2,28,29,30)/b27-12+. The molecule has 8 heteroatoms. The number of carbonyl (C=O) groups excluding carboxylic acids is 1. The summed E-state index contributed by atoms with van der Waals surface area (Å²) in [5.41, 5.74) is 7.08. The number of carbonyl (C=O) groups is 1. The summed E-state index contributed by atoms with van der Waals surface area (Å²) in [5.74, 6) is 0.552. The molecular weight excluding hydrogens is 546 g/mol. The molecule has 3 aromatic carbocycles. The van der Waals surface area contributed by atoms with Crippen molar-refractivity contribution in [2.75, 3.05) is 5.32 Å². The average molecular weight is 566 g/mol. The maximum atomic E-state index is 12.0. The first-order chi connectivity index (χ1) is 14.8. The zero-order chi connectivity index (χ0) is 22.4. The summed E-state index contributed by atoms with van der Waals surface area (Å²) in [4.78, 5) is 12.0. The highest BCUT2D eigenvalue weighted by Gasteiger charge is 2.09. The van der Waals surface area contributed by atoms with E-state index in [2.05, 4.69) is 47.7 Å². The van der Waals surface area contributed by atoms with Crippen molar-refractivity contribution in [2.24, 2.45) is 5.10 Å². The van der Waals surface area contributed by atoms with E-state index in [9.17, 15) is 4.79 Å². The third kappa shape index (κ3) is 6.82. The van der Waals surface area contributed by atoms with Crippen molar-refractivity contribution in [3.63, 3.8) is 0 Å². The zero-order valence-electron chi connectivity index (χ0n) is 16.9. The third-order valence-electron chi connectivity index (χ3n) is 4.32. The van der Waals surface area contributed by atoms with Crippen LogP contribution in [-0.4, -0.2) is 12.2 Å². The van der Waals surface area contributed by atoms with Gasteiger partial charge in [0.25, 0.3) is 0 Å². The second kappa shape index (κ2) is 10.8. The molecule has 0 saturated heterocycles. The molecule has 31 heavy (non-hydrogen) atoms. The van der Waals surface area contributed by atoms with Gasteiger partial charge in [-0.1, -0.05) is 57.4 Å². The molecule has 0 atom stereocenters. The van der Waals surface area contributed by atoms with Crippen molar-refractivity contribution in [3.05, 3.63) is 90.8 Å². The van der Waals surface area contributed by atoms with E-state index in [1.807, 2.05) is 56.3 Å². The van der Waals surface area contributed by atoms with Crippen molar-refractivity contribution in [3.8, 4) is 5.75 Å². The Labute approximate surface area is 203 Å². The number of aryl methyl sites for hydroxylation is 2. The predicted octanol–water partition coefficient (Wildman–Crippen LogP) is 7.22. The molecule has 2 N–H and O–H groups in total. The fourth-order valence-electron chi connectivity index (χ4n) is 2.68. The minimum atomic E-state index is -0.443. The van der Waals surface area contributed by atoms with Gasteiger partial charge in [0.15, 0.2) is 5.75 Å². The number of nitrogens with zero attached hydrogens (tertiary/aromatic N) is 1. The second-order valence-electron chi connectivity index (χ2n) is 6.88. The number of ether oxygens (including phenoxy) is 1. The third-order valence-corrected chi connectivity index (χ3v) is 6.08. The number of hydrazone groups is 1. The lowest BCUT2D eigenvalue weighted by Gasteiger charge is -2.11. The maximum absolute atomic E-state index is 12.0. The lowest BCUT2D eigenvalue weighted by Crippen LogP contribution is -2.24. The van der Waals surface area contributed by atoms with Crippen LogP contribution in [0.2, 0.25) is 5.02 Å². The van der Waals surface area contributed by atoms with Crippen molar-refractivity contribution in [2.45, 2.75) is 20.5 Å². The van der Waals surface area contributed by atoms with Crippen LogP contribution in [0.1, 0.15) is 22.3 Å². The highest BCUT2D eigenvalue weighted by Crippen LogP contribution is 2.34. The highest BCUT2D eigenvalue weighted by atomic mass is 79.9. The fourth-order valence-corrected chi connectivity index (χ4v) is 3.91. The van der Waals surface area contributed by atoms with E-state index >= 15 is 0 Å². The number of amides is 2. The Morgan fingerprint density at radius 2 is 1.81 bits per heavy atom. The van der Waals surface area contributed by atoms with Crippen LogP contribution < -0.4 is 15.5 Å². The monoisotopic (exact) mass is 563 g/mol. The van der Waals surface area contributed by atoms with Crippen molar-refractivity contribution >= 4 is 61.4 Å². The number of benzene rings is 3. The minimum absolute atomic E-state index is 0.406. The first-order valence-electron chi connectivity index (χ1n) is 9.35. The van der Waals surface area contributed by atoms with E-state index in [4.69, 9.17) is 16.3 Å². The van der Waals surface area contributed by atoms with Crippen LogP contribution in [0, 0.1) is 13.8 Å². The summed E-state index contributed by atoms with van der Waals surface area (Å²) in [6.45, 7) is 4.39. The molecular formula is C23H20Br2ClN3O2. The largest absolute Gasteiger partial charge is 0.486 e. The van der Waals surface area contributed by atoms with Gasteiger partial charge in [0.1, 0.15) is 6.61 Å². The molecule has 2 amide bonds. The van der Waals surface area contributed by atoms with Crippen LogP contribution in [0.3, 0.4) is 0 Å². The van der Waals surface area contributed by atoms with E-state index in [1.54, 1.807) is 12.1 Å². The van der Waals surface area contributed by atoms with Gasteiger partial charge in [-0.2, -0.15) is 5.10 Å². The van der Waals surface area contributed by atoms with Crippen LogP contribution in [-0.2, 0) is 6.61 Å². The van der Waals surface area contributed by atoms with Gasteiger partial charge in [0, 0.05) is 10.2 Å². The molecule has 0 aromatic heterocycles. The quantitative estimate of drug-likeness (QED) is 0.245. The van der Waals surface area contributed by atoms with E-state index in [1.165, 1.54) is 11.8 Å². The molecule has 0 heterocycles. The number of rotatable bonds is 6. The van der Waals surface area contributed by atoms with Gasteiger partial charge in [-0.05, 0) is 76.8 Å². The van der Waals surface area contributed by atoms with Crippen LogP contribution in [0.25, 0.3) is 0 Å². The Morgan fingerprint density at radius 1 is 1.06 bits per heavy atom. The normalized spacial score (nSPS) is 10.9. The van der Waals surface area contributed by atoms with Crippen LogP contribution in [0.5, 0.6) is 5.75 Å². The lowest BCUT2D eigenvalue weighted by molar-refractivity contribution is 0.252. The van der Waals surface area contributed by atoms with Gasteiger partial charge >= 0.3 is 6.03 Å². The van der Waals surface area contributed by atoms with Gasteiger partial charge in [-0.25, -0.2) is 10.2 Å². The Bertz CT molecular complexity index is 1100. The molecule has 0 bridgehead atoms. The van der Waals surface area contributed by atoms with E-state index < -0.39 is 6.03 Å². The van der Waals surface area contributed by atoms with E-state index in [0.717, 1.165) is 15.6 Å². The molecule has 0 saturated carbocycles. The smallest absolute Gasteiger partial charge is 0.339 e. The Hall–Kier alpha value is -2.35. The first-order valence-corrected chi connectivity index (χ1v) is 11.3. The van der Waals surface area contributed by atoms with Crippen molar-refractivity contribution < 1.29 is 9.53 Å². The van der Waals surface area contributed by atoms with Gasteiger partial charge < -0.3 is 10.1 Å². The number of hydrogen-bond donors (Lipinski definition) is 2. The van der Waals surface area contributed by atoms with Gasteiger partial charge in [0.05, 0.1) is 15.7 Å². The van der Waals surface area contributed by atoms with Crippen LogP contribution >= 0.6 is 43.5 Å². The molecule has 3 rings (SSSR count). The van der Waals surface area contributed by atoms with Crippen molar-refractivity contribution in [1.82, 2.24) is 5.43 Å². The number of nitrogens with one attached hydrogen (secondary N) is 2. The summed E-state index contributed by atoms with van der Waals surface area (Å²) in [6, 6.07) is 16.7. The second-order valence-corrected chi connectivity index (χ2v) is 8.99. The summed E-state index contributed by atoms with van der Waals surface area (Å²) in [5, 5.41) is 7.14.